The molecule has 0 radical (unpaired) electrons. The van der Waals surface area contributed by atoms with Crippen LogP contribution in [0.2, 0.25) is 0 Å². The zero-order chi connectivity index (χ0) is 24.0. The largest absolute Gasteiger partial charge is 0.484 e. The van der Waals surface area contributed by atoms with Crippen molar-refractivity contribution in [1.29, 1.82) is 0 Å². The lowest BCUT2D eigenvalue weighted by Crippen LogP contribution is -2.32. The van der Waals surface area contributed by atoms with Gasteiger partial charge in [-0.15, -0.1) is 0 Å². The fourth-order valence-corrected chi connectivity index (χ4v) is 3.66. The number of rotatable bonds is 8. The third-order valence-electron chi connectivity index (χ3n) is 5.56. The summed E-state index contributed by atoms with van der Waals surface area (Å²) in [4.78, 5) is 26.8. The van der Waals surface area contributed by atoms with Crippen LogP contribution in [0, 0.1) is 5.92 Å². The number of anilines is 1. The lowest BCUT2D eigenvalue weighted by molar-refractivity contribution is -0.137. The molecular formula is C24H28F3N3O3. The van der Waals surface area contributed by atoms with Gasteiger partial charge < -0.3 is 20.3 Å². The summed E-state index contributed by atoms with van der Waals surface area (Å²) in [5.41, 5.74) is -0.334. The summed E-state index contributed by atoms with van der Waals surface area (Å²) in [5, 5.41) is 5.34. The Balaban J connectivity index is 1.44. The number of hydrogen-bond donors (Lipinski definition) is 2. The van der Waals surface area contributed by atoms with Gasteiger partial charge in [0.2, 0.25) is 0 Å². The monoisotopic (exact) mass is 463 g/mol. The van der Waals surface area contributed by atoms with Crippen molar-refractivity contribution in [2.24, 2.45) is 5.92 Å². The molecule has 0 spiro atoms. The maximum Gasteiger partial charge on any atom is 0.416 e. The van der Waals surface area contributed by atoms with E-state index in [1.54, 1.807) is 24.3 Å². The van der Waals surface area contributed by atoms with Crippen molar-refractivity contribution in [3.8, 4) is 5.75 Å². The van der Waals surface area contributed by atoms with Crippen LogP contribution in [0.4, 0.5) is 18.9 Å². The molecule has 9 heteroatoms. The zero-order valence-electron chi connectivity index (χ0n) is 18.6. The third kappa shape index (κ3) is 7.21. The highest BCUT2D eigenvalue weighted by atomic mass is 19.4. The number of benzene rings is 2. The number of nitrogens with zero attached hydrogens (tertiary/aromatic N) is 1. The molecule has 0 saturated carbocycles. The Hall–Kier alpha value is -3.07. The van der Waals surface area contributed by atoms with Crippen molar-refractivity contribution in [3.05, 3.63) is 59.7 Å². The molecule has 1 aliphatic heterocycles. The SMILES string of the molecule is CC(C)N1CCC(CNC(=O)c2ccc(OCC(=O)Nc3cccc(C(F)(F)F)c3)cc2)C1. The highest BCUT2D eigenvalue weighted by Crippen LogP contribution is 2.30. The number of hydrogen-bond acceptors (Lipinski definition) is 4. The number of halogens is 3. The van der Waals surface area contributed by atoms with Gasteiger partial charge in [0.15, 0.2) is 6.61 Å². The number of likely N-dealkylation sites (tertiary alicyclic amines) is 1. The van der Waals surface area contributed by atoms with E-state index in [1.165, 1.54) is 12.1 Å². The molecule has 1 unspecified atom stereocenters. The molecule has 2 aromatic rings. The lowest BCUT2D eigenvalue weighted by atomic mass is 10.1. The number of alkyl halides is 3. The molecule has 6 nitrogen and oxygen atoms in total. The summed E-state index contributed by atoms with van der Waals surface area (Å²) in [5.74, 6) is 0.0402. The Morgan fingerprint density at radius 2 is 1.88 bits per heavy atom. The molecule has 1 fully saturated rings. The van der Waals surface area contributed by atoms with Crippen molar-refractivity contribution >= 4 is 17.5 Å². The average molecular weight is 464 g/mol. The van der Waals surface area contributed by atoms with Crippen LogP contribution in [0.5, 0.6) is 5.75 Å². The standard InChI is InChI=1S/C24H28F3N3O3/c1-16(2)30-11-10-17(14-30)13-28-23(32)18-6-8-21(9-7-18)33-15-22(31)29-20-5-3-4-19(12-20)24(25,26)27/h3-9,12,16-17H,10-11,13-15H2,1-2H3,(H,28,32)(H,29,31). The molecule has 0 aromatic heterocycles. The Morgan fingerprint density at radius 1 is 1.15 bits per heavy atom. The molecule has 0 bridgehead atoms. The topological polar surface area (TPSA) is 70.7 Å². The van der Waals surface area contributed by atoms with Crippen LogP contribution < -0.4 is 15.4 Å². The summed E-state index contributed by atoms with van der Waals surface area (Å²) in [7, 11) is 0. The summed E-state index contributed by atoms with van der Waals surface area (Å²) < 4.78 is 43.7. The number of amides is 2. The fourth-order valence-electron chi connectivity index (χ4n) is 3.66. The maximum absolute atomic E-state index is 12.8. The molecule has 2 aromatic carbocycles. The Labute approximate surface area is 191 Å². The molecule has 1 atom stereocenters. The van der Waals surface area contributed by atoms with Gasteiger partial charge in [0.05, 0.1) is 5.56 Å². The van der Waals surface area contributed by atoms with E-state index in [-0.39, 0.29) is 18.2 Å². The summed E-state index contributed by atoms with van der Waals surface area (Å²) in [6, 6.07) is 11.2. The van der Waals surface area contributed by atoms with E-state index in [0.29, 0.717) is 29.8 Å². The Kier molecular flexibility index (Phi) is 7.97. The van der Waals surface area contributed by atoms with Gasteiger partial charge in [-0.05, 0) is 75.2 Å². The first kappa shape index (κ1) is 24.6. The Bertz CT molecular complexity index is 961. The molecule has 1 saturated heterocycles. The van der Waals surface area contributed by atoms with Crippen molar-refractivity contribution in [2.75, 3.05) is 31.6 Å². The van der Waals surface area contributed by atoms with Crippen LogP contribution >= 0.6 is 0 Å². The minimum atomic E-state index is -4.49. The van der Waals surface area contributed by atoms with Gasteiger partial charge in [-0.2, -0.15) is 13.2 Å². The predicted octanol–water partition coefficient (Wildman–Crippen LogP) is 4.18. The first-order valence-electron chi connectivity index (χ1n) is 10.8. The van der Waals surface area contributed by atoms with Gasteiger partial charge >= 0.3 is 6.18 Å². The summed E-state index contributed by atoms with van der Waals surface area (Å²) in [6.45, 7) is 6.60. The molecular weight excluding hydrogens is 435 g/mol. The van der Waals surface area contributed by atoms with E-state index in [2.05, 4.69) is 29.4 Å². The van der Waals surface area contributed by atoms with Crippen LogP contribution in [0.15, 0.2) is 48.5 Å². The first-order chi connectivity index (χ1) is 15.6. The van der Waals surface area contributed by atoms with Gasteiger partial charge in [0.25, 0.3) is 11.8 Å². The normalized spacial score (nSPS) is 16.6. The van der Waals surface area contributed by atoms with Crippen LogP contribution in [-0.4, -0.2) is 49.0 Å². The summed E-state index contributed by atoms with van der Waals surface area (Å²) >= 11 is 0. The number of ether oxygens (including phenoxy) is 1. The zero-order valence-corrected chi connectivity index (χ0v) is 18.6. The highest BCUT2D eigenvalue weighted by Gasteiger charge is 2.30. The summed E-state index contributed by atoms with van der Waals surface area (Å²) in [6.07, 6.45) is -3.43. The number of carbonyl (C=O) groups excluding carboxylic acids is 2. The fraction of sp³-hybridized carbons (Fsp3) is 0.417. The smallest absolute Gasteiger partial charge is 0.416 e. The minimum Gasteiger partial charge on any atom is -0.484 e. The quantitative estimate of drug-likeness (QED) is 0.616. The number of nitrogens with one attached hydrogen (secondary N) is 2. The van der Waals surface area contributed by atoms with E-state index >= 15 is 0 Å². The van der Waals surface area contributed by atoms with Gasteiger partial charge in [-0.1, -0.05) is 6.07 Å². The Morgan fingerprint density at radius 3 is 2.52 bits per heavy atom. The third-order valence-corrected chi connectivity index (χ3v) is 5.56. The van der Waals surface area contributed by atoms with Crippen LogP contribution in [-0.2, 0) is 11.0 Å². The van der Waals surface area contributed by atoms with E-state index < -0.39 is 17.6 Å². The first-order valence-corrected chi connectivity index (χ1v) is 10.8. The van der Waals surface area contributed by atoms with Crippen molar-refractivity contribution in [3.63, 3.8) is 0 Å². The molecule has 1 heterocycles. The highest BCUT2D eigenvalue weighted by molar-refractivity contribution is 5.94. The van der Waals surface area contributed by atoms with E-state index in [4.69, 9.17) is 4.74 Å². The minimum absolute atomic E-state index is 0.0317. The lowest BCUT2D eigenvalue weighted by Gasteiger charge is -2.20. The molecule has 2 amide bonds. The molecule has 3 rings (SSSR count). The van der Waals surface area contributed by atoms with Crippen LogP contribution in [0.25, 0.3) is 0 Å². The van der Waals surface area contributed by atoms with Crippen LogP contribution in [0.3, 0.4) is 0 Å². The predicted molar refractivity (Wildman–Crippen MR) is 119 cm³/mol. The second-order valence-corrected chi connectivity index (χ2v) is 8.39. The molecule has 0 aliphatic carbocycles. The van der Waals surface area contributed by atoms with E-state index in [1.807, 2.05) is 0 Å². The van der Waals surface area contributed by atoms with Crippen molar-refractivity contribution in [1.82, 2.24) is 10.2 Å². The van der Waals surface area contributed by atoms with Gasteiger partial charge in [0.1, 0.15) is 5.75 Å². The van der Waals surface area contributed by atoms with E-state index in [0.717, 1.165) is 31.6 Å². The van der Waals surface area contributed by atoms with Gasteiger partial charge in [0, 0.05) is 30.4 Å². The average Bonchev–Trinajstić information content (AvgIpc) is 3.25. The second kappa shape index (κ2) is 10.7. The molecule has 1 aliphatic rings. The molecule has 33 heavy (non-hydrogen) atoms. The molecule has 2 N–H and O–H groups in total. The van der Waals surface area contributed by atoms with E-state index in [9.17, 15) is 22.8 Å². The molecule has 178 valence electrons. The van der Waals surface area contributed by atoms with Gasteiger partial charge in [-0.25, -0.2) is 0 Å². The number of carbonyl (C=O) groups is 2. The van der Waals surface area contributed by atoms with Crippen molar-refractivity contribution < 1.29 is 27.5 Å². The van der Waals surface area contributed by atoms with Gasteiger partial charge in [-0.3, -0.25) is 9.59 Å². The maximum atomic E-state index is 12.8. The van der Waals surface area contributed by atoms with Crippen molar-refractivity contribution in [2.45, 2.75) is 32.5 Å². The second-order valence-electron chi connectivity index (χ2n) is 8.39. The van der Waals surface area contributed by atoms with Crippen LogP contribution in [0.1, 0.15) is 36.2 Å².